The van der Waals surface area contributed by atoms with Gasteiger partial charge in [-0.25, -0.2) is 4.37 Å². The number of aromatic nitrogens is 1. The van der Waals surface area contributed by atoms with Gasteiger partial charge >= 0.3 is 0 Å². The van der Waals surface area contributed by atoms with Crippen LogP contribution in [0.2, 0.25) is 0 Å². The smallest absolute Gasteiger partial charge is 0.166 e. The molecule has 0 atom stereocenters. The quantitative estimate of drug-likeness (QED) is 0.347. The fraction of sp³-hybridized carbons (Fsp3) is 0.400. The summed E-state index contributed by atoms with van der Waals surface area (Å²) in [6, 6.07) is 2.00. The molecule has 0 amide bonds. The van der Waals surface area contributed by atoms with Crippen LogP contribution in [0.25, 0.3) is 6.08 Å². The maximum atomic E-state index is 6.28. The van der Waals surface area contributed by atoms with Gasteiger partial charge in [0.2, 0.25) is 0 Å². The van der Waals surface area contributed by atoms with E-state index in [-0.39, 0.29) is 0 Å². The number of thioether (sulfide) groups is 1. The Kier molecular flexibility index (Phi) is 8.77. The van der Waals surface area contributed by atoms with Gasteiger partial charge in [-0.1, -0.05) is 50.6 Å². The minimum Gasteiger partial charge on any atom is -0.449 e. The van der Waals surface area contributed by atoms with E-state index in [0.29, 0.717) is 0 Å². The van der Waals surface area contributed by atoms with Crippen LogP contribution >= 0.6 is 23.3 Å². The van der Waals surface area contributed by atoms with Crippen molar-refractivity contribution in [2.75, 3.05) is 0 Å². The second kappa shape index (κ2) is 11.1. The van der Waals surface area contributed by atoms with Crippen LogP contribution in [0.4, 0.5) is 0 Å². The highest BCUT2D eigenvalue weighted by Crippen LogP contribution is 2.32. The fourth-order valence-electron chi connectivity index (χ4n) is 2.24. The fourth-order valence-corrected chi connectivity index (χ4v) is 3.68. The standard InChI is InChI=1S/C20H26N2OS2/c1-4-6-7-10-16(3)24-20(15-17-12-14-22-25-17)23-19-11-8-9-13-21-18(19)5-2/h9-15H,4-8H2,1-3H3/b16-10+,20-15+. The maximum absolute atomic E-state index is 6.28. The third-order valence-electron chi connectivity index (χ3n) is 3.57. The van der Waals surface area contributed by atoms with E-state index in [0.717, 1.165) is 40.7 Å². The molecule has 0 unspecified atom stereocenters. The molecule has 0 spiro atoms. The zero-order chi connectivity index (χ0) is 17.9. The molecule has 0 saturated heterocycles. The van der Waals surface area contributed by atoms with Crippen LogP contribution in [-0.2, 0) is 4.74 Å². The Morgan fingerprint density at radius 3 is 3.00 bits per heavy atom. The summed E-state index contributed by atoms with van der Waals surface area (Å²) >= 11 is 3.14. The lowest BCUT2D eigenvalue weighted by Gasteiger charge is -2.14. The average molecular weight is 375 g/mol. The number of allylic oxidation sites excluding steroid dienone is 5. The number of nitrogens with zero attached hydrogens (tertiary/aromatic N) is 2. The molecule has 0 N–H and O–H groups in total. The number of hydrogen-bond donors (Lipinski definition) is 0. The van der Waals surface area contributed by atoms with Crippen LogP contribution in [0.3, 0.4) is 0 Å². The Hall–Kier alpha value is -1.59. The van der Waals surface area contributed by atoms with Gasteiger partial charge in [0.1, 0.15) is 5.76 Å². The largest absolute Gasteiger partial charge is 0.449 e. The molecule has 0 aliphatic carbocycles. The molecule has 25 heavy (non-hydrogen) atoms. The molecule has 2 rings (SSSR count). The second-order valence-corrected chi connectivity index (χ2v) is 7.77. The third kappa shape index (κ3) is 7.04. The molecule has 1 aromatic heterocycles. The van der Waals surface area contributed by atoms with Crippen molar-refractivity contribution < 1.29 is 4.74 Å². The number of ether oxygens (including phenoxy) is 1. The molecule has 5 heteroatoms. The van der Waals surface area contributed by atoms with Gasteiger partial charge in [-0.15, -0.1) is 0 Å². The summed E-state index contributed by atoms with van der Waals surface area (Å²) in [4.78, 5) is 6.84. The summed E-state index contributed by atoms with van der Waals surface area (Å²) in [5.74, 6) is 0.858. The van der Waals surface area contributed by atoms with Crippen molar-refractivity contribution in [2.24, 2.45) is 4.99 Å². The van der Waals surface area contributed by atoms with Crippen molar-refractivity contribution in [1.29, 1.82) is 0 Å². The first-order valence-corrected chi connectivity index (χ1v) is 10.4. The van der Waals surface area contributed by atoms with Crippen LogP contribution in [0.1, 0.15) is 57.8 Å². The zero-order valence-electron chi connectivity index (χ0n) is 15.2. The molecular weight excluding hydrogens is 348 g/mol. The van der Waals surface area contributed by atoms with Crippen LogP contribution in [0.15, 0.2) is 57.4 Å². The molecule has 2 heterocycles. The van der Waals surface area contributed by atoms with Gasteiger partial charge in [0.05, 0.1) is 10.6 Å². The van der Waals surface area contributed by atoms with Crippen LogP contribution < -0.4 is 0 Å². The van der Waals surface area contributed by atoms with E-state index in [1.54, 1.807) is 11.8 Å². The highest BCUT2D eigenvalue weighted by Gasteiger charge is 2.12. The predicted octanol–water partition coefficient (Wildman–Crippen LogP) is 6.94. The summed E-state index contributed by atoms with van der Waals surface area (Å²) in [6.45, 7) is 6.46. The SMILES string of the molecule is CCCC/C=C(\C)S/C(=C/c1ccns1)OC1=CCC=CN=C1CC. The molecule has 0 bridgehead atoms. The Labute approximate surface area is 159 Å². The van der Waals surface area contributed by atoms with Crippen LogP contribution in [-0.4, -0.2) is 10.1 Å². The highest BCUT2D eigenvalue weighted by atomic mass is 32.2. The number of rotatable bonds is 9. The van der Waals surface area contributed by atoms with E-state index >= 15 is 0 Å². The van der Waals surface area contributed by atoms with E-state index in [1.165, 1.54) is 29.3 Å². The summed E-state index contributed by atoms with van der Waals surface area (Å²) in [5.41, 5.74) is 0.983. The molecule has 134 valence electrons. The average Bonchev–Trinajstić information content (AvgIpc) is 3.00. The van der Waals surface area contributed by atoms with Gasteiger partial charge in [0, 0.05) is 18.5 Å². The van der Waals surface area contributed by atoms with Gasteiger partial charge in [-0.3, -0.25) is 4.99 Å². The monoisotopic (exact) mass is 374 g/mol. The van der Waals surface area contributed by atoms with Crippen molar-refractivity contribution in [3.8, 4) is 0 Å². The minimum atomic E-state index is 0.839. The predicted molar refractivity (Wildman–Crippen MR) is 112 cm³/mol. The Bertz CT molecular complexity index is 683. The molecule has 1 aliphatic heterocycles. The van der Waals surface area contributed by atoms with Gasteiger partial charge < -0.3 is 4.74 Å². The van der Waals surface area contributed by atoms with Gasteiger partial charge in [-0.2, -0.15) is 0 Å². The Morgan fingerprint density at radius 2 is 2.28 bits per heavy atom. The van der Waals surface area contributed by atoms with E-state index < -0.39 is 0 Å². The molecule has 0 fully saturated rings. The van der Waals surface area contributed by atoms with Crippen molar-refractivity contribution in [1.82, 2.24) is 4.37 Å². The number of hydrogen-bond acceptors (Lipinski definition) is 5. The Morgan fingerprint density at radius 1 is 1.40 bits per heavy atom. The Balaban J connectivity index is 2.17. The minimum absolute atomic E-state index is 0.839. The number of aliphatic imine (C=N–C) groups is 1. The summed E-state index contributed by atoms with van der Waals surface area (Å²) in [6.07, 6.45) is 17.4. The van der Waals surface area contributed by atoms with Crippen molar-refractivity contribution in [2.45, 2.75) is 52.9 Å². The normalized spacial score (nSPS) is 15.6. The zero-order valence-corrected chi connectivity index (χ0v) is 16.8. The van der Waals surface area contributed by atoms with E-state index in [1.807, 2.05) is 24.5 Å². The summed E-state index contributed by atoms with van der Waals surface area (Å²) in [5, 5.41) is 0.865. The van der Waals surface area contributed by atoms with Gasteiger partial charge in [-0.05, 0) is 54.8 Å². The summed E-state index contributed by atoms with van der Waals surface area (Å²) in [7, 11) is 0. The summed E-state index contributed by atoms with van der Waals surface area (Å²) < 4.78 is 10.5. The topological polar surface area (TPSA) is 34.5 Å². The molecule has 3 nitrogen and oxygen atoms in total. The van der Waals surface area contributed by atoms with Gasteiger partial charge in [0.25, 0.3) is 0 Å². The molecular formula is C20H26N2OS2. The maximum Gasteiger partial charge on any atom is 0.166 e. The lowest BCUT2D eigenvalue weighted by atomic mass is 10.2. The van der Waals surface area contributed by atoms with E-state index in [2.05, 4.69) is 48.4 Å². The van der Waals surface area contributed by atoms with Crippen molar-refractivity contribution in [3.05, 3.63) is 57.3 Å². The first kappa shape index (κ1) is 19.7. The lowest BCUT2D eigenvalue weighted by molar-refractivity contribution is 0.365. The first-order chi connectivity index (χ1) is 12.2. The van der Waals surface area contributed by atoms with Crippen molar-refractivity contribution in [3.63, 3.8) is 0 Å². The lowest BCUT2D eigenvalue weighted by Crippen LogP contribution is -2.04. The first-order valence-electron chi connectivity index (χ1n) is 8.80. The third-order valence-corrected chi connectivity index (χ3v) is 5.16. The second-order valence-electron chi connectivity index (χ2n) is 5.66. The molecule has 1 aromatic rings. The van der Waals surface area contributed by atoms with Crippen molar-refractivity contribution >= 4 is 35.1 Å². The number of unbranched alkanes of at least 4 members (excludes halogenated alkanes) is 2. The highest BCUT2D eigenvalue weighted by molar-refractivity contribution is 8.06. The van der Waals surface area contributed by atoms with E-state index in [9.17, 15) is 0 Å². The molecule has 0 aromatic carbocycles. The van der Waals surface area contributed by atoms with Gasteiger partial charge in [0.15, 0.2) is 5.09 Å². The van der Waals surface area contributed by atoms with E-state index in [4.69, 9.17) is 4.74 Å². The van der Waals surface area contributed by atoms with Crippen LogP contribution in [0.5, 0.6) is 0 Å². The molecule has 0 saturated carbocycles. The van der Waals surface area contributed by atoms with Crippen LogP contribution in [0, 0.1) is 0 Å². The molecule has 0 radical (unpaired) electrons. The molecule has 1 aliphatic rings.